The van der Waals surface area contributed by atoms with Gasteiger partial charge < -0.3 is 20.8 Å². The lowest BCUT2D eigenvalue weighted by molar-refractivity contribution is 0.00474. The molecular weight excluding hydrogens is 358 g/mol. The smallest absolute Gasteiger partial charge is 0.348 e. The average Bonchev–Trinajstić information content (AvgIpc) is 2.65. The first kappa shape index (κ1) is 15.6. The van der Waals surface area contributed by atoms with Crippen molar-refractivity contribution in [3.63, 3.8) is 0 Å². The van der Waals surface area contributed by atoms with Gasteiger partial charge in [0.25, 0.3) is 5.92 Å². The number of aliphatic hydroxyl groups is 1. The number of aliphatic hydroxyl groups excluding tert-OH is 1. The number of hydrogen-bond acceptors (Lipinski definition) is 5. The zero-order valence-corrected chi connectivity index (χ0v) is 12.7. The summed E-state index contributed by atoms with van der Waals surface area (Å²) in [5, 5.41) is 18.2. The molecule has 5 nitrogen and oxygen atoms in total. The van der Waals surface area contributed by atoms with Crippen LogP contribution < -0.4 is 10.6 Å². The average molecular weight is 371 g/mol. The van der Waals surface area contributed by atoms with Crippen LogP contribution in [0.25, 0.3) is 0 Å². The molecule has 1 aliphatic heterocycles. The Morgan fingerprint density at radius 1 is 1.60 bits per heavy atom. The molecule has 1 aromatic heterocycles. The fourth-order valence-electron chi connectivity index (χ4n) is 2.23. The lowest BCUT2D eigenvalue weighted by atomic mass is 10.0. The van der Waals surface area contributed by atoms with Crippen molar-refractivity contribution in [3.05, 3.63) is 14.2 Å². The normalized spacial score (nSPS) is 18.8. The molecule has 0 saturated carbocycles. The summed E-state index contributed by atoms with van der Waals surface area (Å²) in [5.41, 5.74) is 6.16. The van der Waals surface area contributed by atoms with Crippen molar-refractivity contribution in [2.24, 2.45) is 5.73 Å². The van der Waals surface area contributed by atoms with E-state index >= 15 is 0 Å². The van der Waals surface area contributed by atoms with E-state index in [1.54, 1.807) is 0 Å². The van der Waals surface area contributed by atoms with Crippen LogP contribution in [-0.4, -0.2) is 47.8 Å². The number of anilines is 1. The maximum Gasteiger partial charge on any atom is 0.348 e. The largest absolute Gasteiger partial charge is 0.477 e. The fourth-order valence-corrected chi connectivity index (χ4v) is 3.95. The predicted octanol–water partition coefficient (Wildman–Crippen LogP) is 1.53. The highest BCUT2D eigenvalue weighted by atomic mass is 79.9. The predicted molar refractivity (Wildman–Crippen MR) is 74.9 cm³/mol. The quantitative estimate of drug-likeness (QED) is 0.747. The van der Waals surface area contributed by atoms with Gasteiger partial charge in [0, 0.05) is 24.6 Å². The molecule has 0 unspecified atom stereocenters. The number of carboxylic acid groups (broad SMARTS) is 1. The van der Waals surface area contributed by atoms with E-state index in [0.29, 0.717) is 3.79 Å². The summed E-state index contributed by atoms with van der Waals surface area (Å²) < 4.78 is 27.9. The molecule has 0 bridgehead atoms. The first-order valence-corrected chi connectivity index (χ1v) is 7.40. The van der Waals surface area contributed by atoms with E-state index in [-0.39, 0.29) is 29.3 Å². The van der Waals surface area contributed by atoms with Crippen LogP contribution in [-0.2, 0) is 6.42 Å². The molecule has 0 aromatic carbocycles. The van der Waals surface area contributed by atoms with Gasteiger partial charge in [-0.15, -0.1) is 11.3 Å². The molecule has 0 aliphatic carbocycles. The van der Waals surface area contributed by atoms with Crippen LogP contribution in [0.4, 0.5) is 14.5 Å². The number of thiophene rings is 1. The molecule has 20 heavy (non-hydrogen) atoms. The third-order valence-corrected chi connectivity index (χ3v) is 4.95. The number of fused-ring (bicyclic) bond motifs is 1. The second kappa shape index (κ2) is 5.55. The minimum absolute atomic E-state index is 0.00696. The van der Waals surface area contributed by atoms with Gasteiger partial charge in [-0.3, -0.25) is 0 Å². The highest BCUT2D eigenvalue weighted by molar-refractivity contribution is 9.11. The first-order chi connectivity index (χ1) is 9.25. The highest BCUT2D eigenvalue weighted by Crippen LogP contribution is 2.46. The summed E-state index contributed by atoms with van der Waals surface area (Å²) in [4.78, 5) is 12.5. The molecule has 112 valence electrons. The molecule has 0 amide bonds. The van der Waals surface area contributed by atoms with Crippen molar-refractivity contribution in [1.82, 2.24) is 0 Å². The summed E-state index contributed by atoms with van der Waals surface area (Å²) in [5.74, 6) is -4.12. The second-order valence-corrected chi connectivity index (χ2v) is 7.03. The van der Waals surface area contributed by atoms with Gasteiger partial charge in [0.15, 0.2) is 0 Å². The molecule has 4 N–H and O–H groups in total. The van der Waals surface area contributed by atoms with Crippen molar-refractivity contribution < 1.29 is 23.8 Å². The van der Waals surface area contributed by atoms with E-state index < -0.39 is 30.9 Å². The number of nitrogens with zero attached hydrogens (tertiary/aromatic N) is 1. The van der Waals surface area contributed by atoms with Gasteiger partial charge in [-0.05, 0) is 15.9 Å². The first-order valence-electron chi connectivity index (χ1n) is 5.79. The molecule has 2 rings (SSSR count). The van der Waals surface area contributed by atoms with Gasteiger partial charge in [-0.2, -0.15) is 0 Å². The maximum absolute atomic E-state index is 13.8. The number of aromatic carboxylic acids is 1. The number of nitrogens with two attached hydrogens (primary N) is 1. The number of halogens is 3. The number of alkyl halides is 2. The van der Waals surface area contributed by atoms with E-state index in [4.69, 9.17) is 10.8 Å². The standard InChI is InChI=1S/C11H13BrF2N2O3S/c12-9-6-1-11(13,14)4-16(2-5(15)3-17)7(6)8(20-9)10(18)19/h5,17H,1-4,15H2,(H,18,19)/t5-/m0/s1. The van der Waals surface area contributed by atoms with Crippen molar-refractivity contribution in [3.8, 4) is 0 Å². The minimum atomic E-state index is -2.96. The highest BCUT2D eigenvalue weighted by Gasteiger charge is 2.42. The zero-order valence-electron chi connectivity index (χ0n) is 10.3. The molecule has 0 radical (unpaired) electrons. The van der Waals surface area contributed by atoms with E-state index in [1.165, 1.54) is 4.90 Å². The molecule has 1 aliphatic rings. The molecule has 2 heterocycles. The number of carboxylic acids is 1. The molecule has 1 aromatic rings. The Bertz CT molecular complexity index is 538. The van der Waals surface area contributed by atoms with Crippen LogP contribution in [0.15, 0.2) is 3.79 Å². The van der Waals surface area contributed by atoms with Crippen LogP contribution in [0.1, 0.15) is 15.2 Å². The molecule has 0 saturated heterocycles. The van der Waals surface area contributed by atoms with Gasteiger partial charge in [0.1, 0.15) is 4.88 Å². The Kier molecular flexibility index (Phi) is 4.33. The van der Waals surface area contributed by atoms with Crippen molar-refractivity contribution >= 4 is 38.9 Å². The lowest BCUT2D eigenvalue weighted by Gasteiger charge is -2.36. The van der Waals surface area contributed by atoms with E-state index in [1.807, 2.05) is 0 Å². The van der Waals surface area contributed by atoms with Gasteiger partial charge in [-0.25, -0.2) is 13.6 Å². The van der Waals surface area contributed by atoms with E-state index in [2.05, 4.69) is 15.9 Å². The second-order valence-electron chi connectivity index (χ2n) is 4.69. The number of hydrogen-bond donors (Lipinski definition) is 3. The van der Waals surface area contributed by atoms with Gasteiger partial charge in [0.2, 0.25) is 0 Å². The van der Waals surface area contributed by atoms with E-state index in [0.717, 1.165) is 11.3 Å². The van der Waals surface area contributed by atoms with Gasteiger partial charge in [0.05, 0.1) is 22.6 Å². The van der Waals surface area contributed by atoms with Crippen LogP contribution in [0.5, 0.6) is 0 Å². The third kappa shape index (κ3) is 2.95. The van der Waals surface area contributed by atoms with Crippen LogP contribution >= 0.6 is 27.3 Å². The summed E-state index contributed by atoms with van der Waals surface area (Å²) in [6, 6.07) is -0.711. The Balaban J connectivity index is 2.47. The topological polar surface area (TPSA) is 86.8 Å². The van der Waals surface area contributed by atoms with Crippen molar-refractivity contribution in [2.75, 3.05) is 24.6 Å². The molecular formula is C11H13BrF2N2O3S. The van der Waals surface area contributed by atoms with Crippen LogP contribution in [0, 0.1) is 0 Å². The SMILES string of the molecule is N[C@H](CO)CN1CC(F)(F)Cc2c(Br)sc(C(=O)O)c21. The van der Waals surface area contributed by atoms with Crippen molar-refractivity contribution in [2.45, 2.75) is 18.4 Å². The zero-order chi connectivity index (χ0) is 15.1. The Labute approximate surface area is 126 Å². The monoisotopic (exact) mass is 370 g/mol. The Morgan fingerprint density at radius 3 is 2.80 bits per heavy atom. The number of carbonyl (C=O) groups is 1. The summed E-state index contributed by atoms with van der Waals surface area (Å²) >= 11 is 4.06. The molecule has 1 atom stereocenters. The summed E-state index contributed by atoms with van der Waals surface area (Å²) in [7, 11) is 0. The molecule has 0 fully saturated rings. The summed E-state index contributed by atoms with van der Waals surface area (Å²) in [6.07, 6.45) is -0.502. The fraction of sp³-hybridized carbons (Fsp3) is 0.545. The third-order valence-electron chi connectivity index (χ3n) is 2.99. The van der Waals surface area contributed by atoms with Crippen LogP contribution in [0.2, 0.25) is 0 Å². The van der Waals surface area contributed by atoms with Crippen LogP contribution in [0.3, 0.4) is 0 Å². The van der Waals surface area contributed by atoms with Gasteiger partial charge >= 0.3 is 5.97 Å². The van der Waals surface area contributed by atoms with Gasteiger partial charge in [-0.1, -0.05) is 0 Å². The Morgan fingerprint density at radius 2 is 2.25 bits per heavy atom. The molecule has 0 spiro atoms. The maximum atomic E-state index is 13.8. The van der Waals surface area contributed by atoms with E-state index in [9.17, 15) is 18.7 Å². The minimum Gasteiger partial charge on any atom is -0.477 e. The van der Waals surface area contributed by atoms with Crippen molar-refractivity contribution in [1.29, 1.82) is 0 Å². The Hall–Kier alpha value is -0.770. The lowest BCUT2D eigenvalue weighted by Crippen LogP contribution is -2.49. The number of rotatable bonds is 4. The summed E-state index contributed by atoms with van der Waals surface area (Å²) in [6.45, 7) is -0.981. The molecule has 9 heteroatoms.